The van der Waals surface area contributed by atoms with Gasteiger partial charge in [0.2, 0.25) is 10.0 Å². The Hall–Kier alpha value is -2.65. The predicted octanol–water partition coefficient (Wildman–Crippen LogP) is 1.88. The number of likely N-dealkylation sites (tertiary alicyclic amines) is 1. The third kappa shape index (κ3) is 4.86. The number of aryl methyl sites for hydroxylation is 1. The standard InChI is InChI=1S/C20H24N2O6S/c1-14-12-17(13-19(23)27-14)28-16-8-10-22(11-9-16)20(24)15-4-6-18(7-5-15)29(25,26)21(2)3/h4-7,12-13,16H,8-11H2,1-3H3. The van der Waals surface area contributed by atoms with Crippen molar-refractivity contribution in [2.75, 3.05) is 27.2 Å². The lowest BCUT2D eigenvalue weighted by Gasteiger charge is -2.32. The lowest BCUT2D eigenvalue weighted by atomic mass is 10.1. The Balaban J connectivity index is 1.60. The van der Waals surface area contributed by atoms with Crippen LogP contribution in [0.15, 0.2) is 50.5 Å². The number of carbonyl (C=O) groups excluding carboxylic acids is 1. The van der Waals surface area contributed by atoms with Crippen molar-refractivity contribution in [3.8, 4) is 5.75 Å². The van der Waals surface area contributed by atoms with Gasteiger partial charge in [0.25, 0.3) is 5.91 Å². The van der Waals surface area contributed by atoms with E-state index in [0.29, 0.717) is 43.0 Å². The van der Waals surface area contributed by atoms with Gasteiger partial charge in [0.1, 0.15) is 17.6 Å². The minimum Gasteiger partial charge on any atom is -0.490 e. The van der Waals surface area contributed by atoms with E-state index in [1.54, 1.807) is 17.9 Å². The molecule has 1 saturated heterocycles. The van der Waals surface area contributed by atoms with Crippen LogP contribution in [0.5, 0.6) is 5.75 Å². The van der Waals surface area contributed by atoms with Crippen molar-refractivity contribution in [3.05, 3.63) is 58.1 Å². The van der Waals surface area contributed by atoms with Gasteiger partial charge in [-0.25, -0.2) is 17.5 Å². The van der Waals surface area contributed by atoms with Crippen molar-refractivity contribution in [2.45, 2.75) is 30.8 Å². The number of benzene rings is 1. The zero-order chi connectivity index (χ0) is 21.2. The number of rotatable bonds is 5. The zero-order valence-electron chi connectivity index (χ0n) is 16.6. The number of nitrogens with zero attached hydrogens (tertiary/aromatic N) is 2. The minimum absolute atomic E-state index is 0.0899. The highest BCUT2D eigenvalue weighted by atomic mass is 32.2. The van der Waals surface area contributed by atoms with E-state index in [-0.39, 0.29) is 16.9 Å². The van der Waals surface area contributed by atoms with Crippen LogP contribution >= 0.6 is 0 Å². The van der Waals surface area contributed by atoms with Crippen molar-refractivity contribution < 1.29 is 22.4 Å². The van der Waals surface area contributed by atoms with E-state index in [1.165, 1.54) is 44.4 Å². The molecule has 0 bridgehead atoms. The Morgan fingerprint density at radius 2 is 1.76 bits per heavy atom. The summed E-state index contributed by atoms with van der Waals surface area (Å²) in [7, 11) is -0.600. The van der Waals surface area contributed by atoms with Crippen LogP contribution < -0.4 is 10.4 Å². The second-order valence-corrected chi connectivity index (χ2v) is 9.30. The SMILES string of the molecule is Cc1cc(OC2CCN(C(=O)c3ccc(S(=O)(=O)N(C)C)cc3)CC2)cc(=O)o1. The van der Waals surface area contributed by atoms with Gasteiger partial charge in [-0.2, -0.15) is 0 Å². The smallest absolute Gasteiger partial charge is 0.339 e. The van der Waals surface area contributed by atoms with Crippen LogP contribution in [0.4, 0.5) is 0 Å². The molecule has 1 aliphatic rings. The average Bonchev–Trinajstić information content (AvgIpc) is 2.67. The molecule has 2 heterocycles. The van der Waals surface area contributed by atoms with Crippen LogP contribution in [-0.4, -0.2) is 56.8 Å². The topological polar surface area (TPSA) is 97.1 Å². The van der Waals surface area contributed by atoms with Crippen LogP contribution in [0.1, 0.15) is 29.0 Å². The maximum Gasteiger partial charge on any atom is 0.339 e. The molecule has 0 spiro atoms. The number of hydrogen-bond acceptors (Lipinski definition) is 6. The van der Waals surface area contributed by atoms with Crippen LogP contribution in [0.3, 0.4) is 0 Å². The number of amides is 1. The molecule has 3 rings (SSSR count). The van der Waals surface area contributed by atoms with E-state index in [9.17, 15) is 18.0 Å². The first-order chi connectivity index (χ1) is 13.7. The van der Waals surface area contributed by atoms with E-state index in [1.807, 2.05) is 0 Å². The third-order valence-corrected chi connectivity index (χ3v) is 6.61. The molecule has 9 heteroatoms. The Morgan fingerprint density at radius 1 is 1.14 bits per heavy atom. The first-order valence-corrected chi connectivity index (χ1v) is 10.7. The summed E-state index contributed by atoms with van der Waals surface area (Å²) in [5, 5.41) is 0. The van der Waals surface area contributed by atoms with Crippen molar-refractivity contribution in [3.63, 3.8) is 0 Å². The van der Waals surface area contributed by atoms with E-state index >= 15 is 0 Å². The van der Waals surface area contributed by atoms with Crippen LogP contribution in [0.2, 0.25) is 0 Å². The second-order valence-electron chi connectivity index (χ2n) is 7.14. The van der Waals surface area contributed by atoms with Gasteiger partial charge in [0, 0.05) is 51.7 Å². The maximum absolute atomic E-state index is 12.7. The highest BCUT2D eigenvalue weighted by molar-refractivity contribution is 7.89. The number of sulfonamides is 1. The highest BCUT2D eigenvalue weighted by Gasteiger charge is 2.25. The Kier molecular flexibility index (Phi) is 6.09. The van der Waals surface area contributed by atoms with E-state index < -0.39 is 15.6 Å². The van der Waals surface area contributed by atoms with Crippen LogP contribution in [0.25, 0.3) is 0 Å². The normalized spacial score (nSPS) is 15.5. The molecule has 1 aromatic heterocycles. The zero-order valence-corrected chi connectivity index (χ0v) is 17.4. The quantitative estimate of drug-likeness (QED) is 0.733. The molecule has 1 aliphatic heterocycles. The van der Waals surface area contributed by atoms with E-state index in [0.717, 1.165) is 4.31 Å². The molecule has 0 N–H and O–H groups in total. The fraction of sp³-hybridized carbons (Fsp3) is 0.400. The molecular formula is C20H24N2O6S. The molecule has 0 radical (unpaired) electrons. The molecule has 1 fully saturated rings. The van der Waals surface area contributed by atoms with Gasteiger partial charge >= 0.3 is 5.63 Å². The summed E-state index contributed by atoms with van der Waals surface area (Å²) >= 11 is 0. The molecule has 1 aromatic carbocycles. The van der Waals surface area contributed by atoms with Gasteiger partial charge in [-0.1, -0.05) is 0 Å². The molecule has 8 nitrogen and oxygen atoms in total. The molecule has 0 atom stereocenters. The maximum atomic E-state index is 12.7. The summed E-state index contributed by atoms with van der Waals surface area (Å²) < 4.78 is 36.2. The molecule has 0 saturated carbocycles. The summed E-state index contributed by atoms with van der Waals surface area (Å²) in [4.78, 5) is 26.0. The molecule has 0 aliphatic carbocycles. The van der Waals surface area contributed by atoms with Crippen LogP contribution in [0, 0.1) is 6.92 Å². The average molecular weight is 420 g/mol. The minimum atomic E-state index is -3.52. The molecule has 0 unspecified atom stereocenters. The second kappa shape index (κ2) is 8.38. The highest BCUT2D eigenvalue weighted by Crippen LogP contribution is 2.21. The Labute approximate surface area is 169 Å². The van der Waals surface area contributed by atoms with Gasteiger partial charge in [-0.05, 0) is 31.2 Å². The number of carbonyl (C=O) groups is 1. The van der Waals surface area contributed by atoms with Crippen molar-refractivity contribution in [2.24, 2.45) is 0 Å². The van der Waals surface area contributed by atoms with Gasteiger partial charge in [-0.3, -0.25) is 4.79 Å². The fourth-order valence-electron chi connectivity index (χ4n) is 3.18. The van der Waals surface area contributed by atoms with Gasteiger partial charge in [0.15, 0.2) is 0 Å². The van der Waals surface area contributed by atoms with E-state index in [4.69, 9.17) is 9.15 Å². The third-order valence-electron chi connectivity index (χ3n) is 4.78. The molecular weight excluding hydrogens is 396 g/mol. The largest absolute Gasteiger partial charge is 0.490 e. The first kappa shape index (κ1) is 21.1. The summed E-state index contributed by atoms with van der Waals surface area (Å²) in [5.41, 5.74) is -0.00860. The van der Waals surface area contributed by atoms with Gasteiger partial charge < -0.3 is 14.1 Å². The summed E-state index contributed by atoms with van der Waals surface area (Å²) in [6, 6.07) is 8.94. The first-order valence-electron chi connectivity index (χ1n) is 9.27. The number of ether oxygens (including phenoxy) is 1. The molecule has 2 aromatic rings. The fourth-order valence-corrected chi connectivity index (χ4v) is 4.08. The van der Waals surface area contributed by atoms with Crippen LogP contribution in [-0.2, 0) is 10.0 Å². The molecule has 29 heavy (non-hydrogen) atoms. The van der Waals surface area contributed by atoms with Gasteiger partial charge in [-0.15, -0.1) is 0 Å². The van der Waals surface area contributed by atoms with Gasteiger partial charge in [0.05, 0.1) is 11.0 Å². The lowest BCUT2D eigenvalue weighted by Crippen LogP contribution is -2.41. The van der Waals surface area contributed by atoms with E-state index in [2.05, 4.69) is 0 Å². The summed E-state index contributed by atoms with van der Waals surface area (Å²) in [6.07, 6.45) is 1.18. The lowest BCUT2D eigenvalue weighted by molar-refractivity contribution is 0.0594. The van der Waals surface area contributed by atoms with Crippen molar-refractivity contribution >= 4 is 15.9 Å². The number of hydrogen-bond donors (Lipinski definition) is 0. The Bertz CT molecular complexity index is 1040. The monoisotopic (exact) mass is 420 g/mol. The predicted molar refractivity (Wildman–Crippen MR) is 107 cm³/mol. The van der Waals surface area contributed by atoms with Crippen molar-refractivity contribution in [1.82, 2.24) is 9.21 Å². The summed E-state index contributed by atoms with van der Waals surface area (Å²) in [6.45, 7) is 2.72. The van der Waals surface area contributed by atoms with Crippen molar-refractivity contribution in [1.29, 1.82) is 0 Å². The molecule has 1 amide bonds. The molecule has 156 valence electrons. The summed E-state index contributed by atoms with van der Waals surface area (Å²) in [5.74, 6) is 0.814. The number of piperidine rings is 1. The Morgan fingerprint density at radius 3 is 2.31 bits per heavy atom.